The molecule has 2 heterocycles. The minimum atomic E-state index is -1.06. The van der Waals surface area contributed by atoms with Gasteiger partial charge in [0.2, 0.25) is 6.10 Å². The number of hydrogen-bond donors (Lipinski definition) is 0. The molecule has 3 atom stereocenters. The molecule has 2 aliphatic heterocycles. The smallest absolute Gasteiger partial charge is 0.412 e. The van der Waals surface area contributed by atoms with E-state index in [1.54, 1.807) is 62.3 Å². The molecule has 1 saturated heterocycles. The zero-order valence-corrected chi connectivity index (χ0v) is 19.7. The van der Waals surface area contributed by atoms with Gasteiger partial charge in [0.25, 0.3) is 0 Å². The molecule has 8 heteroatoms. The number of hydrogen-bond acceptors (Lipinski definition) is 7. The molecule has 0 aromatic carbocycles. The Morgan fingerprint density at radius 3 is 2.03 bits per heavy atom. The van der Waals surface area contributed by atoms with Crippen LogP contribution in [-0.4, -0.2) is 58.4 Å². The molecule has 0 aromatic rings. The van der Waals surface area contributed by atoms with Crippen molar-refractivity contribution in [2.45, 2.75) is 98.3 Å². The average Bonchev–Trinajstić information content (AvgIpc) is 2.99. The van der Waals surface area contributed by atoms with E-state index in [0.717, 1.165) is 0 Å². The first kappa shape index (κ1) is 24.2. The summed E-state index contributed by atoms with van der Waals surface area (Å²) in [6.45, 7) is 17.3. The number of rotatable bonds is 3. The van der Waals surface area contributed by atoms with Crippen molar-refractivity contribution in [3.05, 3.63) is 11.3 Å². The number of carbonyl (C=O) groups is 3. The molecule has 2 rings (SSSR count). The Morgan fingerprint density at radius 1 is 1.03 bits per heavy atom. The minimum Gasteiger partial charge on any atom is -0.482 e. The van der Waals surface area contributed by atoms with Crippen LogP contribution in [0.4, 0.5) is 4.79 Å². The molecule has 8 nitrogen and oxygen atoms in total. The predicted molar refractivity (Wildman–Crippen MR) is 109 cm³/mol. The van der Waals surface area contributed by atoms with Gasteiger partial charge in [-0.05, 0) is 69.2 Å². The molecule has 0 bridgehead atoms. The third kappa shape index (κ3) is 5.14. The number of ether oxygens (including phenoxy) is 4. The van der Waals surface area contributed by atoms with Crippen molar-refractivity contribution in [3.63, 3.8) is 0 Å². The van der Waals surface area contributed by atoms with Gasteiger partial charge in [0, 0.05) is 5.57 Å². The van der Waals surface area contributed by atoms with Gasteiger partial charge in [-0.2, -0.15) is 0 Å². The fourth-order valence-electron chi connectivity index (χ4n) is 3.91. The van der Waals surface area contributed by atoms with Gasteiger partial charge in [-0.15, -0.1) is 0 Å². The Kier molecular flexibility index (Phi) is 6.34. The summed E-state index contributed by atoms with van der Waals surface area (Å²) in [4.78, 5) is 40.0. The van der Waals surface area contributed by atoms with Gasteiger partial charge >= 0.3 is 12.1 Å². The molecule has 0 unspecified atom stereocenters. The van der Waals surface area contributed by atoms with E-state index in [1.807, 2.05) is 0 Å². The van der Waals surface area contributed by atoms with Crippen molar-refractivity contribution in [3.8, 4) is 0 Å². The SMILES string of the molecule is CC(=O)C1=C(C)O[C@H](C(=O)OC(C)(C)C)[C@H]1[C@@H]1COC(C)(C)N1C(=O)OC(C)(C)C. The first-order valence-electron chi connectivity index (χ1n) is 10.2. The van der Waals surface area contributed by atoms with Gasteiger partial charge in [-0.3, -0.25) is 9.69 Å². The summed E-state index contributed by atoms with van der Waals surface area (Å²) >= 11 is 0. The molecular weight excluding hydrogens is 390 g/mol. The molecule has 1 amide bonds. The molecule has 0 aliphatic carbocycles. The number of allylic oxidation sites excluding steroid dienone is 1. The lowest BCUT2D eigenvalue weighted by Crippen LogP contribution is -2.54. The second-order valence-electron chi connectivity index (χ2n) is 10.3. The number of esters is 1. The van der Waals surface area contributed by atoms with Gasteiger partial charge in [-0.1, -0.05) is 0 Å². The van der Waals surface area contributed by atoms with E-state index in [-0.39, 0.29) is 12.4 Å². The molecular formula is C22H35NO7. The Bertz CT molecular complexity index is 754. The van der Waals surface area contributed by atoms with Crippen LogP contribution >= 0.6 is 0 Å². The van der Waals surface area contributed by atoms with Crippen LogP contribution in [0.3, 0.4) is 0 Å². The molecule has 0 saturated carbocycles. The summed E-state index contributed by atoms with van der Waals surface area (Å²) in [5.41, 5.74) is -2.06. The number of nitrogens with zero attached hydrogens (tertiary/aromatic N) is 1. The van der Waals surface area contributed by atoms with Crippen molar-refractivity contribution >= 4 is 17.8 Å². The highest BCUT2D eigenvalue weighted by Crippen LogP contribution is 2.42. The van der Waals surface area contributed by atoms with Crippen LogP contribution in [0.5, 0.6) is 0 Å². The molecule has 2 aliphatic rings. The van der Waals surface area contributed by atoms with Gasteiger partial charge in [0.05, 0.1) is 18.6 Å². The van der Waals surface area contributed by atoms with E-state index in [2.05, 4.69) is 0 Å². The molecule has 0 spiro atoms. The van der Waals surface area contributed by atoms with E-state index in [1.165, 1.54) is 11.8 Å². The van der Waals surface area contributed by atoms with Crippen molar-refractivity contribution in [1.29, 1.82) is 0 Å². The molecule has 30 heavy (non-hydrogen) atoms. The van der Waals surface area contributed by atoms with E-state index >= 15 is 0 Å². The number of carbonyl (C=O) groups excluding carboxylic acids is 3. The van der Waals surface area contributed by atoms with Gasteiger partial charge in [0.15, 0.2) is 5.78 Å². The van der Waals surface area contributed by atoms with Gasteiger partial charge < -0.3 is 18.9 Å². The number of ketones is 1. The predicted octanol–water partition coefficient (Wildman–Crippen LogP) is 3.58. The highest BCUT2D eigenvalue weighted by Gasteiger charge is 2.56. The van der Waals surface area contributed by atoms with Crippen molar-refractivity contribution in [2.75, 3.05) is 6.61 Å². The minimum absolute atomic E-state index is 0.129. The Morgan fingerprint density at radius 2 is 1.57 bits per heavy atom. The van der Waals surface area contributed by atoms with Gasteiger partial charge in [0.1, 0.15) is 22.7 Å². The Labute approximate surface area is 178 Å². The third-order valence-corrected chi connectivity index (χ3v) is 4.88. The fraction of sp³-hybridized carbons (Fsp3) is 0.773. The molecule has 0 radical (unpaired) electrons. The second kappa shape index (κ2) is 7.87. The van der Waals surface area contributed by atoms with E-state index in [4.69, 9.17) is 18.9 Å². The summed E-state index contributed by atoms with van der Waals surface area (Å²) in [5.74, 6) is -1.18. The van der Waals surface area contributed by atoms with Crippen molar-refractivity contribution in [2.24, 2.45) is 5.92 Å². The first-order chi connectivity index (χ1) is 13.4. The fourth-order valence-corrected chi connectivity index (χ4v) is 3.91. The van der Waals surface area contributed by atoms with E-state index in [9.17, 15) is 14.4 Å². The van der Waals surface area contributed by atoms with Crippen LogP contribution < -0.4 is 0 Å². The monoisotopic (exact) mass is 425 g/mol. The maximum Gasteiger partial charge on any atom is 0.412 e. The summed E-state index contributed by atoms with van der Waals surface area (Å²) in [6.07, 6.45) is -1.64. The van der Waals surface area contributed by atoms with E-state index < -0.39 is 47.1 Å². The third-order valence-electron chi connectivity index (χ3n) is 4.88. The lowest BCUT2D eigenvalue weighted by Gasteiger charge is -2.38. The second-order valence-corrected chi connectivity index (χ2v) is 10.3. The number of Topliss-reactive ketones (excluding diaryl/α,β-unsaturated/α-hetero) is 1. The Balaban J connectivity index is 2.48. The topological polar surface area (TPSA) is 91.4 Å². The van der Waals surface area contributed by atoms with Crippen LogP contribution in [0.2, 0.25) is 0 Å². The summed E-state index contributed by atoms with van der Waals surface area (Å²) < 4.78 is 22.8. The van der Waals surface area contributed by atoms with Crippen molar-refractivity contribution in [1.82, 2.24) is 4.90 Å². The Hall–Kier alpha value is -2.09. The largest absolute Gasteiger partial charge is 0.482 e. The lowest BCUT2D eigenvalue weighted by molar-refractivity contribution is -0.168. The zero-order chi connectivity index (χ0) is 23.2. The molecule has 1 fully saturated rings. The van der Waals surface area contributed by atoms with Crippen LogP contribution in [0, 0.1) is 5.92 Å². The maximum atomic E-state index is 13.1. The quantitative estimate of drug-likeness (QED) is 0.638. The summed E-state index contributed by atoms with van der Waals surface area (Å²) in [5, 5.41) is 0. The normalized spacial score (nSPS) is 26.5. The average molecular weight is 426 g/mol. The van der Waals surface area contributed by atoms with Crippen LogP contribution in [0.25, 0.3) is 0 Å². The van der Waals surface area contributed by atoms with Crippen LogP contribution in [0.1, 0.15) is 69.2 Å². The lowest BCUT2D eigenvalue weighted by atomic mass is 9.85. The molecule has 0 N–H and O–H groups in total. The van der Waals surface area contributed by atoms with Crippen molar-refractivity contribution < 1.29 is 33.3 Å². The highest BCUT2D eigenvalue weighted by atomic mass is 16.6. The number of amides is 1. The zero-order valence-electron chi connectivity index (χ0n) is 19.7. The summed E-state index contributed by atoms with van der Waals surface area (Å²) in [6, 6.07) is -0.635. The van der Waals surface area contributed by atoms with Crippen LogP contribution in [-0.2, 0) is 28.5 Å². The summed E-state index contributed by atoms with van der Waals surface area (Å²) in [7, 11) is 0. The molecule has 170 valence electrons. The first-order valence-corrected chi connectivity index (χ1v) is 10.2. The van der Waals surface area contributed by atoms with Crippen LogP contribution in [0.15, 0.2) is 11.3 Å². The maximum absolute atomic E-state index is 13.1. The highest BCUT2D eigenvalue weighted by molar-refractivity contribution is 5.96. The molecule has 0 aromatic heterocycles. The van der Waals surface area contributed by atoms with Gasteiger partial charge in [-0.25, -0.2) is 9.59 Å². The standard InChI is InChI=1S/C22H35NO7/c1-12(24)15-13(2)28-17(18(25)29-20(3,4)5)16(15)14-11-27-22(9,10)23(14)19(26)30-21(6,7)8/h14,16-17H,11H2,1-10H3/t14-,16-,17-/m0/s1. The van der Waals surface area contributed by atoms with E-state index in [0.29, 0.717) is 11.3 Å².